The normalized spacial score (nSPS) is 11.2. The molecule has 4 heteroatoms. The summed E-state index contributed by atoms with van der Waals surface area (Å²) in [4.78, 5) is 19.0. The van der Waals surface area contributed by atoms with Crippen molar-refractivity contribution in [3.63, 3.8) is 0 Å². The first-order valence-corrected chi connectivity index (χ1v) is 8.23. The van der Waals surface area contributed by atoms with Crippen molar-refractivity contribution in [1.29, 1.82) is 0 Å². The van der Waals surface area contributed by atoms with Crippen molar-refractivity contribution in [2.75, 3.05) is 6.54 Å². The van der Waals surface area contributed by atoms with Gasteiger partial charge in [0.05, 0.1) is 0 Å². The van der Waals surface area contributed by atoms with E-state index >= 15 is 0 Å². The molecule has 0 spiro atoms. The molecule has 0 atom stereocenters. The Morgan fingerprint density at radius 3 is 2.43 bits per heavy atom. The predicted octanol–water partition coefficient (Wildman–Crippen LogP) is 4.90. The third-order valence-electron chi connectivity index (χ3n) is 3.54. The molecule has 1 aromatic rings. The Hall–Kier alpha value is -1.09. The summed E-state index contributed by atoms with van der Waals surface area (Å²) in [6.45, 7) is 11.2. The highest BCUT2D eigenvalue weighted by Gasteiger charge is 2.20. The molecule has 1 amide bonds. The maximum atomic E-state index is 12.7. The van der Waals surface area contributed by atoms with Crippen molar-refractivity contribution >= 4 is 17.5 Å². The lowest BCUT2D eigenvalue weighted by atomic mass is 10.1. The van der Waals surface area contributed by atoms with Crippen molar-refractivity contribution in [2.24, 2.45) is 0 Å². The summed E-state index contributed by atoms with van der Waals surface area (Å²) in [6, 6.07) is 3.72. The first kappa shape index (κ1) is 18.0. The van der Waals surface area contributed by atoms with Gasteiger partial charge in [-0.15, -0.1) is 0 Å². The number of amides is 1. The number of halogens is 1. The molecule has 0 unspecified atom stereocenters. The van der Waals surface area contributed by atoms with Crippen molar-refractivity contribution < 1.29 is 4.79 Å². The van der Waals surface area contributed by atoms with Crippen LogP contribution in [0.15, 0.2) is 12.1 Å². The van der Waals surface area contributed by atoms with Crippen LogP contribution in [0.3, 0.4) is 0 Å². The number of unbranched alkanes of at least 4 members (excludes halogenated alkanes) is 2. The molecule has 0 aliphatic heterocycles. The zero-order valence-corrected chi connectivity index (χ0v) is 14.6. The van der Waals surface area contributed by atoms with Crippen molar-refractivity contribution in [3.05, 3.63) is 28.5 Å². The molecular formula is C17H27ClN2O. The van der Waals surface area contributed by atoms with Crippen LogP contribution in [0.2, 0.25) is 5.15 Å². The number of rotatable bonds is 7. The molecule has 3 nitrogen and oxygen atoms in total. The lowest BCUT2D eigenvalue weighted by Crippen LogP contribution is -2.37. The number of pyridine rings is 1. The first-order chi connectivity index (χ1) is 9.86. The van der Waals surface area contributed by atoms with Crippen LogP contribution in [0.1, 0.15) is 75.9 Å². The number of hydrogen-bond donors (Lipinski definition) is 0. The average Bonchev–Trinajstić information content (AvgIpc) is 2.41. The van der Waals surface area contributed by atoms with Crippen LogP contribution in [0.4, 0.5) is 0 Å². The SMILES string of the molecule is CCCCCN(C(=O)c1cc(Cl)nc(C(C)C)c1)C(C)C. The summed E-state index contributed by atoms with van der Waals surface area (Å²) in [5.41, 5.74) is 1.51. The van der Waals surface area contributed by atoms with E-state index in [1.807, 2.05) is 24.8 Å². The van der Waals surface area contributed by atoms with Crippen LogP contribution in [-0.4, -0.2) is 28.4 Å². The summed E-state index contributed by atoms with van der Waals surface area (Å²) in [5, 5.41) is 0.391. The van der Waals surface area contributed by atoms with Crippen LogP contribution in [0.5, 0.6) is 0 Å². The van der Waals surface area contributed by atoms with Crippen LogP contribution in [0, 0.1) is 0 Å². The van der Waals surface area contributed by atoms with E-state index in [2.05, 4.69) is 25.8 Å². The zero-order chi connectivity index (χ0) is 16.0. The molecule has 0 N–H and O–H groups in total. The highest BCUT2D eigenvalue weighted by Crippen LogP contribution is 2.20. The third-order valence-corrected chi connectivity index (χ3v) is 3.73. The van der Waals surface area contributed by atoms with E-state index < -0.39 is 0 Å². The Bertz CT molecular complexity index is 472. The molecule has 1 aromatic heterocycles. The monoisotopic (exact) mass is 310 g/mol. The molecule has 21 heavy (non-hydrogen) atoms. The van der Waals surface area contributed by atoms with E-state index in [1.54, 1.807) is 6.07 Å². The van der Waals surface area contributed by atoms with E-state index in [1.165, 1.54) is 0 Å². The number of carbonyl (C=O) groups excluding carboxylic acids is 1. The predicted molar refractivity (Wildman–Crippen MR) is 89.0 cm³/mol. The zero-order valence-electron chi connectivity index (χ0n) is 13.8. The molecule has 0 aliphatic carbocycles. The third kappa shape index (κ3) is 5.31. The highest BCUT2D eigenvalue weighted by molar-refractivity contribution is 6.29. The molecule has 0 saturated heterocycles. The minimum atomic E-state index is 0.0484. The van der Waals surface area contributed by atoms with Crippen LogP contribution in [-0.2, 0) is 0 Å². The van der Waals surface area contributed by atoms with Gasteiger partial charge < -0.3 is 4.90 Å². The number of carbonyl (C=O) groups is 1. The van der Waals surface area contributed by atoms with Gasteiger partial charge in [0, 0.05) is 23.8 Å². The quantitative estimate of drug-likeness (QED) is 0.530. The van der Waals surface area contributed by atoms with Crippen LogP contribution in [0.25, 0.3) is 0 Å². The minimum Gasteiger partial charge on any atom is -0.336 e. The van der Waals surface area contributed by atoms with Crippen LogP contribution >= 0.6 is 11.6 Å². The molecule has 0 fully saturated rings. The summed E-state index contributed by atoms with van der Waals surface area (Å²) in [7, 11) is 0. The topological polar surface area (TPSA) is 33.2 Å². The van der Waals surface area contributed by atoms with Gasteiger partial charge in [-0.05, 0) is 38.3 Å². The van der Waals surface area contributed by atoms with Crippen molar-refractivity contribution in [1.82, 2.24) is 9.88 Å². The second kappa shape index (κ2) is 8.38. The van der Waals surface area contributed by atoms with Gasteiger partial charge in [-0.1, -0.05) is 45.2 Å². The smallest absolute Gasteiger partial charge is 0.254 e. The maximum Gasteiger partial charge on any atom is 0.254 e. The van der Waals surface area contributed by atoms with Gasteiger partial charge in [-0.25, -0.2) is 4.98 Å². The Kier molecular flexibility index (Phi) is 7.16. The number of aromatic nitrogens is 1. The Morgan fingerprint density at radius 2 is 1.90 bits per heavy atom. The Morgan fingerprint density at radius 1 is 1.24 bits per heavy atom. The largest absolute Gasteiger partial charge is 0.336 e. The lowest BCUT2D eigenvalue weighted by molar-refractivity contribution is 0.0702. The molecule has 0 aromatic carbocycles. The minimum absolute atomic E-state index is 0.0484. The Balaban J connectivity index is 2.97. The standard InChI is InChI=1S/C17H27ClN2O/c1-6-7-8-9-20(13(4)5)17(21)14-10-15(12(2)3)19-16(18)11-14/h10-13H,6-9H2,1-5H3. The second-order valence-corrected chi connectivity index (χ2v) is 6.44. The van der Waals surface area contributed by atoms with E-state index in [0.29, 0.717) is 10.7 Å². The van der Waals surface area contributed by atoms with Gasteiger partial charge in [0.1, 0.15) is 5.15 Å². The molecule has 0 bridgehead atoms. The lowest BCUT2D eigenvalue weighted by Gasteiger charge is -2.27. The number of nitrogens with zero attached hydrogens (tertiary/aromatic N) is 2. The second-order valence-electron chi connectivity index (χ2n) is 6.06. The summed E-state index contributed by atoms with van der Waals surface area (Å²) < 4.78 is 0. The fourth-order valence-corrected chi connectivity index (χ4v) is 2.44. The summed E-state index contributed by atoms with van der Waals surface area (Å²) in [5.74, 6) is 0.301. The molecule has 0 aliphatic rings. The summed E-state index contributed by atoms with van der Waals surface area (Å²) >= 11 is 6.07. The van der Waals surface area contributed by atoms with E-state index in [-0.39, 0.29) is 17.9 Å². The van der Waals surface area contributed by atoms with E-state index in [0.717, 1.165) is 31.5 Å². The van der Waals surface area contributed by atoms with Gasteiger partial charge in [0.25, 0.3) is 5.91 Å². The number of hydrogen-bond acceptors (Lipinski definition) is 2. The maximum absolute atomic E-state index is 12.7. The molecule has 118 valence electrons. The molecule has 0 radical (unpaired) electrons. The van der Waals surface area contributed by atoms with Gasteiger partial charge in [0.2, 0.25) is 0 Å². The molecule has 0 saturated carbocycles. The van der Waals surface area contributed by atoms with Gasteiger partial charge in [0.15, 0.2) is 0 Å². The fraction of sp³-hybridized carbons (Fsp3) is 0.647. The highest BCUT2D eigenvalue weighted by atomic mass is 35.5. The van der Waals surface area contributed by atoms with Gasteiger partial charge >= 0.3 is 0 Å². The molecule has 1 heterocycles. The van der Waals surface area contributed by atoms with Gasteiger partial charge in [-0.3, -0.25) is 4.79 Å². The van der Waals surface area contributed by atoms with E-state index in [9.17, 15) is 4.79 Å². The Labute approximate surface area is 133 Å². The van der Waals surface area contributed by atoms with Gasteiger partial charge in [-0.2, -0.15) is 0 Å². The first-order valence-electron chi connectivity index (χ1n) is 7.85. The molecular weight excluding hydrogens is 284 g/mol. The van der Waals surface area contributed by atoms with E-state index in [4.69, 9.17) is 11.6 Å². The molecule has 1 rings (SSSR count). The summed E-state index contributed by atoms with van der Waals surface area (Å²) in [6.07, 6.45) is 3.33. The fourth-order valence-electron chi connectivity index (χ4n) is 2.23. The van der Waals surface area contributed by atoms with Crippen molar-refractivity contribution in [2.45, 2.75) is 65.8 Å². The van der Waals surface area contributed by atoms with Crippen LogP contribution < -0.4 is 0 Å². The average molecular weight is 311 g/mol. The van der Waals surface area contributed by atoms with Crippen molar-refractivity contribution in [3.8, 4) is 0 Å².